The average molecular weight is 503 g/mol. The molecule has 38 heavy (non-hydrogen) atoms. The fourth-order valence-corrected chi connectivity index (χ4v) is 4.54. The molecule has 2 aromatic carbocycles. The molecule has 0 radical (unpaired) electrons. The van der Waals surface area contributed by atoms with Gasteiger partial charge in [0, 0.05) is 65.5 Å². The molecule has 0 aliphatic carbocycles. The highest BCUT2D eigenvalue weighted by Crippen LogP contribution is 2.26. The van der Waals surface area contributed by atoms with E-state index < -0.39 is 0 Å². The van der Waals surface area contributed by atoms with Crippen LogP contribution in [0.25, 0.3) is 21.9 Å². The molecule has 9 heteroatoms. The van der Waals surface area contributed by atoms with Crippen molar-refractivity contribution in [3.8, 4) is 11.8 Å². The van der Waals surface area contributed by atoms with Crippen molar-refractivity contribution >= 4 is 39.3 Å². The lowest BCUT2D eigenvalue weighted by atomic mass is 10.0. The third-order valence-electron chi connectivity index (χ3n) is 6.81. The third-order valence-corrected chi connectivity index (χ3v) is 6.81. The van der Waals surface area contributed by atoms with Gasteiger partial charge in [-0.3, -0.25) is 9.89 Å². The molecule has 1 aliphatic heterocycles. The minimum absolute atomic E-state index is 0.206. The van der Waals surface area contributed by atoms with Crippen LogP contribution in [0.2, 0.25) is 0 Å². The Balaban J connectivity index is 1.21. The van der Waals surface area contributed by atoms with E-state index in [9.17, 15) is 4.79 Å². The van der Waals surface area contributed by atoms with Crippen LogP contribution in [0.15, 0.2) is 61.2 Å². The van der Waals surface area contributed by atoms with Crippen LogP contribution in [0.4, 0.5) is 11.5 Å². The molecule has 0 saturated carbocycles. The summed E-state index contributed by atoms with van der Waals surface area (Å²) in [7, 11) is 2.13. The number of amides is 1. The Hall–Kier alpha value is -4.81. The van der Waals surface area contributed by atoms with Gasteiger partial charge in [0.15, 0.2) is 5.65 Å². The summed E-state index contributed by atoms with van der Waals surface area (Å²) in [6.07, 6.45) is 5.01. The quantitative estimate of drug-likeness (QED) is 0.363. The molecule has 0 bridgehead atoms. The summed E-state index contributed by atoms with van der Waals surface area (Å²) >= 11 is 0. The van der Waals surface area contributed by atoms with Crippen molar-refractivity contribution in [3.63, 3.8) is 0 Å². The van der Waals surface area contributed by atoms with Crippen LogP contribution >= 0.6 is 0 Å². The number of fused-ring (bicyclic) bond motifs is 2. The lowest BCUT2D eigenvalue weighted by Crippen LogP contribution is -2.44. The van der Waals surface area contributed by atoms with Gasteiger partial charge < -0.3 is 15.1 Å². The van der Waals surface area contributed by atoms with E-state index in [1.54, 1.807) is 18.7 Å². The Kier molecular flexibility index (Phi) is 6.15. The molecule has 5 aromatic rings. The molecule has 0 atom stereocenters. The number of aromatic amines is 1. The number of aryl methyl sites for hydroxylation is 1. The number of carbonyl (C=O) groups is 1. The topological polar surface area (TPSA) is 103 Å². The van der Waals surface area contributed by atoms with Gasteiger partial charge in [-0.05, 0) is 55.9 Å². The SMILES string of the molecule is Cc1ccc(C(=O)Nc2ccc3c(N4CCN(C)CC4)ncnc3c2)cc1C#Cc1cnc2[nH]ncc2c1. The zero-order chi connectivity index (χ0) is 26.1. The highest BCUT2D eigenvalue weighted by atomic mass is 16.1. The maximum absolute atomic E-state index is 13.1. The number of carbonyl (C=O) groups excluding carboxylic acids is 1. The van der Waals surface area contributed by atoms with E-state index in [0.717, 1.165) is 70.6 Å². The highest BCUT2D eigenvalue weighted by Gasteiger charge is 2.18. The molecule has 1 aliphatic rings. The second kappa shape index (κ2) is 9.92. The number of benzene rings is 2. The summed E-state index contributed by atoms with van der Waals surface area (Å²) in [5.41, 5.74) is 5.29. The van der Waals surface area contributed by atoms with Crippen molar-refractivity contribution in [1.82, 2.24) is 30.0 Å². The van der Waals surface area contributed by atoms with E-state index >= 15 is 0 Å². The van der Waals surface area contributed by atoms with Crippen molar-refractivity contribution in [2.45, 2.75) is 6.92 Å². The molecule has 1 fully saturated rings. The van der Waals surface area contributed by atoms with Gasteiger partial charge in [-0.15, -0.1) is 0 Å². The summed E-state index contributed by atoms with van der Waals surface area (Å²) in [6.45, 7) is 5.82. The van der Waals surface area contributed by atoms with Crippen LogP contribution in [-0.2, 0) is 0 Å². The molecule has 9 nitrogen and oxygen atoms in total. The second-order valence-electron chi connectivity index (χ2n) is 9.49. The zero-order valence-corrected chi connectivity index (χ0v) is 21.2. The van der Waals surface area contributed by atoms with Crippen molar-refractivity contribution in [1.29, 1.82) is 0 Å². The zero-order valence-electron chi connectivity index (χ0n) is 21.2. The number of likely N-dealkylation sites (N-methyl/N-ethyl adjacent to an activating group) is 1. The number of nitrogens with zero attached hydrogens (tertiary/aromatic N) is 6. The van der Waals surface area contributed by atoms with Crippen LogP contribution in [0, 0.1) is 18.8 Å². The van der Waals surface area contributed by atoms with Gasteiger partial charge in [0.1, 0.15) is 12.1 Å². The molecule has 1 amide bonds. The summed E-state index contributed by atoms with van der Waals surface area (Å²) in [4.78, 5) is 31.1. The predicted octanol–water partition coefficient (Wildman–Crippen LogP) is 3.61. The maximum Gasteiger partial charge on any atom is 0.255 e. The third kappa shape index (κ3) is 4.77. The molecule has 2 N–H and O–H groups in total. The molecule has 0 spiro atoms. The lowest BCUT2D eigenvalue weighted by molar-refractivity contribution is 0.102. The van der Waals surface area contributed by atoms with Gasteiger partial charge in [0.05, 0.1) is 11.7 Å². The van der Waals surface area contributed by atoms with E-state index in [2.05, 4.69) is 59.2 Å². The summed E-state index contributed by atoms with van der Waals surface area (Å²) < 4.78 is 0. The molecule has 188 valence electrons. The minimum atomic E-state index is -0.206. The lowest BCUT2D eigenvalue weighted by Gasteiger charge is -2.33. The van der Waals surface area contributed by atoms with Gasteiger partial charge in [0.25, 0.3) is 5.91 Å². The number of rotatable bonds is 3. The standard InChI is InChI=1S/C29H26N8O/c1-19-3-5-22(14-21(19)6-4-20-13-23-17-33-35-27(23)30-16-20)29(38)34-24-7-8-25-26(15-24)31-18-32-28(25)37-11-9-36(2)10-12-37/h3,5,7-8,13-18H,9-12H2,1-2H3,(H,34,38)(H,30,33,35). The molecule has 4 heterocycles. The molecular weight excluding hydrogens is 476 g/mol. The Morgan fingerprint density at radius 1 is 0.974 bits per heavy atom. The number of hydrogen-bond donors (Lipinski definition) is 2. The van der Waals surface area contributed by atoms with Crippen molar-refractivity contribution in [2.75, 3.05) is 43.4 Å². The van der Waals surface area contributed by atoms with E-state index in [4.69, 9.17) is 0 Å². The summed E-state index contributed by atoms with van der Waals surface area (Å²) in [5, 5.41) is 11.7. The monoisotopic (exact) mass is 502 g/mol. The molecule has 3 aromatic heterocycles. The van der Waals surface area contributed by atoms with Gasteiger partial charge in [0.2, 0.25) is 0 Å². The summed E-state index contributed by atoms with van der Waals surface area (Å²) in [5.74, 6) is 7.06. The number of nitrogens with one attached hydrogen (secondary N) is 2. The first-order valence-electron chi connectivity index (χ1n) is 12.4. The molecular formula is C29H26N8O. The average Bonchev–Trinajstić information content (AvgIpc) is 3.41. The van der Waals surface area contributed by atoms with Gasteiger partial charge in [-0.2, -0.15) is 5.10 Å². The van der Waals surface area contributed by atoms with E-state index in [1.165, 1.54) is 0 Å². The van der Waals surface area contributed by atoms with Crippen LogP contribution in [0.3, 0.4) is 0 Å². The molecule has 6 rings (SSSR count). The van der Waals surface area contributed by atoms with E-state index in [-0.39, 0.29) is 5.91 Å². The van der Waals surface area contributed by atoms with Crippen LogP contribution in [0.5, 0.6) is 0 Å². The first-order valence-corrected chi connectivity index (χ1v) is 12.4. The fraction of sp³-hybridized carbons (Fsp3) is 0.207. The van der Waals surface area contributed by atoms with E-state index in [1.807, 2.05) is 49.4 Å². The molecule has 1 saturated heterocycles. The Labute approximate surface area is 219 Å². The predicted molar refractivity (Wildman–Crippen MR) is 148 cm³/mol. The maximum atomic E-state index is 13.1. The van der Waals surface area contributed by atoms with Crippen LogP contribution < -0.4 is 10.2 Å². The van der Waals surface area contributed by atoms with E-state index in [0.29, 0.717) is 11.3 Å². The van der Waals surface area contributed by atoms with Crippen LogP contribution in [0.1, 0.15) is 27.0 Å². The van der Waals surface area contributed by atoms with Gasteiger partial charge in [-0.25, -0.2) is 15.0 Å². The number of anilines is 2. The normalized spacial score (nSPS) is 13.9. The van der Waals surface area contributed by atoms with Crippen molar-refractivity contribution < 1.29 is 4.79 Å². The first kappa shape index (κ1) is 23.6. The Bertz CT molecular complexity index is 1720. The number of H-pyrrole nitrogens is 1. The Morgan fingerprint density at radius 2 is 1.84 bits per heavy atom. The number of hydrogen-bond acceptors (Lipinski definition) is 7. The van der Waals surface area contributed by atoms with Gasteiger partial charge >= 0.3 is 0 Å². The number of piperazine rings is 1. The largest absolute Gasteiger partial charge is 0.353 e. The summed E-state index contributed by atoms with van der Waals surface area (Å²) in [6, 6.07) is 13.2. The van der Waals surface area contributed by atoms with Gasteiger partial charge in [-0.1, -0.05) is 17.9 Å². The van der Waals surface area contributed by atoms with Crippen molar-refractivity contribution in [3.05, 3.63) is 83.4 Å². The van der Waals surface area contributed by atoms with Crippen LogP contribution in [-0.4, -0.2) is 69.2 Å². The second-order valence-corrected chi connectivity index (χ2v) is 9.49. The first-order chi connectivity index (χ1) is 18.5. The smallest absolute Gasteiger partial charge is 0.255 e. The fourth-order valence-electron chi connectivity index (χ4n) is 4.54. The number of aromatic nitrogens is 5. The Morgan fingerprint density at radius 3 is 2.71 bits per heavy atom. The highest BCUT2D eigenvalue weighted by molar-refractivity contribution is 6.05. The van der Waals surface area contributed by atoms with Crippen molar-refractivity contribution in [2.24, 2.45) is 0 Å². The minimum Gasteiger partial charge on any atom is -0.353 e. The molecule has 0 unspecified atom stereocenters. The number of pyridine rings is 1.